The molecule has 1 aliphatic heterocycles. The van der Waals surface area contributed by atoms with E-state index in [-0.39, 0.29) is 18.2 Å². The maximum absolute atomic E-state index is 14.3. The summed E-state index contributed by atoms with van der Waals surface area (Å²) in [6, 6.07) is 17.1. The first-order valence-electron chi connectivity index (χ1n) is 10.7. The zero-order chi connectivity index (χ0) is 23.6. The van der Waals surface area contributed by atoms with Crippen LogP contribution in [-0.4, -0.2) is 18.8 Å². The standard InChI is InChI=1S/C26H26BrF2NO3/c1-26(2)25(32-15-17-7-8-18(27)12-22(17)29)24(31-3)21-13-20(9-10-23(21)33-26)30-14-16-5-4-6-19(28)11-16/h4-13,24-25,30H,14-15H2,1-3H3. The van der Waals surface area contributed by atoms with E-state index in [1.165, 1.54) is 18.2 Å². The number of halogens is 3. The number of fused-ring (bicyclic) bond motifs is 1. The van der Waals surface area contributed by atoms with Gasteiger partial charge in [0.1, 0.15) is 35.2 Å². The van der Waals surface area contributed by atoms with Gasteiger partial charge in [-0.2, -0.15) is 0 Å². The molecule has 0 spiro atoms. The van der Waals surface area contributed by atoms with Gasteiger partial charge >= 0.3 is 0 Å². The first-order valence-corrected chi connectivity index (χ1v) is 11.5. The molecule has 0 aromatic heterocycles. The van der Waals surface area contributed by atoms with Crippen molar-refractivity contribution in [3.8, 4) is 5.75 Å². The molecule has 4 nitrogen and oxygen atoms in total. The molecular formula is C26H26BrF2NO3. The Bertz CT molecular complexity index is 1140. The highest BCUT2D eigenvalue weighted by Crippen LogP contribution is 2.44. The number of anilines is 1. The fourth-order valence-electron chi connectivity index (χ4n) is 4.05. The van der Waals surface area contributed by atoms with E-state index in [0.29, 0.717) is 22.3 Å². The molecule has 2 atom stereocenters. The molecule has 2 unspecified atom stereocenters. The van der Waals surface area contributed by atoms with Crippen molar-refractivity contribution in [2.75, 3.05) is 12.4 Å². The number of ether oxygens (including phenoxy) is 3. The van der Waals surface area contributed by atoms with Crippen LogP contribution in [-0.2, 0) is 22.6 Å². The summed E-state index contributed by atoms with van der Waals surface area (Å²) in [6.45, 7) is 4.42. The molecule has 174 valence electrons. The van der Waals surface area contributed by atoms with Crippen LogP contribution in [0.1, 0.15) is 36.6 Å². The molecule has 1 aliphatic rings. The number of nitrogens with one attached hydrogen (secondary N) is 1. The Morgan fingerprint density at radius 1 is 1.06 bits per heavy atom. The van der Waals surface area contributed by atoms with Crippen LogP contribution in [0, 0.1) is 11.6 Å². The molecule has 0 radical (unpaired) electrons. The van der Waals surface area contributed by atoms with Crippen LogP contribution in [0.3, 0.4) is 0 Å². The maximum atomic E-state index is 14.3. The van der Waals surface area contributed by atoms with Gasteiger partial charge < -0.3 is 19.5 Å². The van der Waals surface area contributed by atoms with Gasteiger partial charge in [0.2, 0.25) is 0 Å². The molecule has 0 amide bonds. The Kier molecular flexibility index (Phi) is 7.02. The highest BCUT2D eigenvalue weighted by atomic mass is 79.9. The van der Waals surface area contributed by atoms with Crippen molar-refractivity contribution in [3.05, 3.63) is 93.5 Å². The van der Waals surface area contributed by atoms with Gasteiger partial charge in [-0.1, -0.05) is 34.1 Å². The summed E-state index contributed by atoms with van der Waals surface area (Å²) in [6.07, 6.45) is -0.894. The van der Waals surface area contributed by atoms with Crippen LogP contribution in [0.25, 0.3) is 0 Å². The average molecular weight is 518 g/mol. The van der Waals surface area contributed by atoms with E-state index < -0.39 is 17.8 Å². The lowest BCUT2D eigenvalue weighted by atomic mass is 9.88. The van der Waals surface area contributed by atoms with Gasteiger partial charge in [-0.25, -0.2) is 8.78 Å². The quantitative estimate of drug-likeness (QED) is 0.374. The smallest absolute Gasteiger partial charge is 0.132 e. The lowest BCUT2D eigenvalue weighted by Crippen LogP contribution is -2.50. The van der Waals surface area contributed by atoms with E-state index in [4.69, 9.17) is 14.2 Å². The number of hydrogen-bond acceptors (Lipinski definition) is 4. The van der Waals surface area contributed by atoms with Gasteiger partial charge in [0.25, 0.3) is 0 Å². The van der Waals surface area contributed by atoms with Crippen molar-refractivity contribution >= 4 is 21.6 Å². The van der Waals surface area contributed by atoms with Crippen molar-refractivity contribution in [1.82, 2.24) is 0 Å². The van der Waals surface area contributed by atoms with Crippen LogP contribution >= 0.6 is 15.9 Å². The molecular weight excluding hydrogens is 492 g/mol. The molecule has 0 fully saturated rings. The van der Waals surface area contributed by atoms with Crippen molar-refractivity contribution in [1.29, 1.82) is 0 Å². The summed E-state index contributed by atoms with van der Waals surface area (Å²) in [5.74, 6) is 0.104. The SMILES string of the molecule is COC1c2cc(NCc3cccc(F)c3)ccc2OC(C)(C)C1OCc1ccc(Br)cc1F. The second kappa shape index (κ2) is 9.79. The van der Waals surface area contributed by atoms with E-state index in [1.807, 2.05) is 38.1 Å². The third-order valence-electron chi connectivity index (χ3n) is 5.72. The minimum atomic E-state index is -0.698. The van der Waals surface area contributed by atoms with Crippen LogP contribution in [0.2, 0.25) is 0 Å². The van der Waals surface area contributed by atoms with Gasteiger partial charge in [0, 0.05) is 34.9 Å². The molecule has 3 aromatic rings. The van der Waals surface area contributed by atoms with Gasteiger partial charge in [-0.15, -0.1) is 0 Å². The number of rotatable bonds is 7. The Morgan fingerprint density at radius 3 is 2.61 bits per heavy atom. The highest BCUT2D eigenvalue weighted by Gasteiger charge is 2.45. The molecule has 33 heavy (non-hydrogen) atoms. The lowest BCUT2D eigenvalue weighted by molar-refractivity contribution is -0.159. The van der Waals surface area contributed by atoms with Gasteiger partial charge in [-0.3, -0.25) is 0 Å². The predicted octanol–water partition coefficient (Wildman–Crippen LogP) is 6.78. The zero-order valence-corrected chi connectivity index (χ0v) is 20.3. The lowest BCUT2D eigenvalue weighted by Gasteiger charge is -2.44. The third kappa shape index (κ3) is 5.37. The minimum absolute atomic E-state index is 0.0866. The van der Waals surface area contributed by atoms with E-state index in [2.05, 4.69) is 21.2 Å². The van der Waals surface area contributed by atoms with Crippen LogP contribution in [0.4, 0.5) is 14.5 Å². The number of benzene rings is 3. The largest absolute Gasteiger partial charge is 0.485 e. The molecule has 0 aliphatic carbocycles. The Labute approximate surface area is 201 Å². The molecule has 1 N–H and O–H groups in total. The van der Waals surface area contributed by atoms with Gasteiger partial charge in [0.05, 0.1) is 6.61 Å². The average Bonchev–Trinajstić information content (AvgIpc) is 2.76. The molecule has 7 heteroatoms. The van der Waals surface area contributed by atoms with Crippen molar-refractivity contribution in [3.63, 3.8) is 0 Å². The summed E-state index contributed by atoms with van der Waals surface area (Å²) < 4.78 is 46.7. The molecule has 3 aromatic carbocycles. The van der Waals surface area contributed by atoms with E-state index in [0.717, 1.165) is 16.8 Å². The Morgan fingerprint density at radius 2 is 1.88 bits per heavy atom. The normalized spacial score (nSPS) is 19.0. The number of hydrogen-bond donors (Lipinski definition) is 1. The van der Waals surface area contributed by atoms with Crippen molar-refractivity contribution in [2.45, 2.75) is 44.8 Å². The minimum Gasteiger partial charge on any atom is -0.485 e. The van der Waals surface area contributed by atoms with E-state index in [9.17, 15) is 8.78 Å². The number of methoxy groups -OCH3 is 1. The van der Waals surface area contributed by atoms with Gasteiger partial charge in [0.15, 0.2) is 0 Å². The third-order valence-corrected chi connectivity index (χ3v) is 6.22. The summed E-state index contributed by atoms with van der Waals surface area (Å²) in [5, 5.41) is 3.32. The van der Waals surface area contributed by atoms with Crippen molar-refractivity contribution in [2.24, 2.45) is 0 Å². The Hall–Kier alpha value is -2.48. The summed E-state index contributed by atoms with van der Waals surface area (Å²) in [5.41, 5.74) is 2.28. The first-order chi connectivity index (χ1) is 15.8. The highest BCUT2D eigenvalue weighted by molar-refractivity contribution is 9.10. The molecule has 0 saturated heterocycles. The van der Waals surface area contributed by atoms with E-state index in [1.54, 1.807) is 25.3 Å². The van der Waals surface area contributed by atoms with Crippen LogP contribution in [0.5, 0.6) is 5.75 Å². The fourth-order valence-corrected chi connectivity index (χ4v) is 4.38. The first kappa shape index (κ1) is 23.7. The van der Waals surface area contributed by atoms with Crippen LogP contribution < -0.4 is 10.1 Å². The van der Waals surface area contributed by atoms with E-state index >= 15 is 0 Å². The Balaban J connectivity index is 1.54. The maximum Gasteiger partial charge on any atom is 0.132 e. The second-order valence-electron chi connectivity index (χ2n) is 8.57. The molecule has 4 rings (SSSR count). The van der Waals surface area contributed by atoms with Crippen molar-refractivity contribution < 1.29 is 23.0 Å². The zero-order valence-electron chi connectivity index (χ0n) is 18.7. The fraction of sp³-hybridized carbons (Fsp3) is 0.308. The van der Waals surface area contributed by atoms with Crippen LogP contribution in [0.15, 0.2) is 65.1 Å². The topological polar surface area (TPSA) is 39.7 Å². The molecule has 1 heterocycles. The molecule has 0 bridgehead atoms. The second-order valence-corrected chi connectivity index (χ2v) is 9.48. The summed E-state index contributed by atoms with van der Waals surface area (Å²) in [4.78, 5) is 0. The summed E-state index contributed by atoms with van der Waals surface area (Å²) in [7, 11) is 1.62. The molecule has 0 saturated carbocycles. The monoisotopic (exact) mass is 517 g/mol. The summed E-state index contributed by atoms with van der Waals surface area (Å²) >= 11 is 3.27. The van der Waals surface area contributed by atoms with Gasteiger partial charge in [-0.05, 0) is 61.9 Å². The predicted molar refractivity (Wildman–Crippen MR) is 127 cm³/mol.